The van der Waals surface area contributed by atoms with Gasteiger partial charge in [0.15, 0.2) is 0 Å². The third kappa shape index (κ3) is 3.33. The van der Waals surface area contributed by atoms with Crippen LogP contribution in [0.4, 0.5) is 24.8 Å². The Kier molecular flexibility index (Phi) is 4.37. The summed E-state index contributed by atoms with van der Waals surface area (Å²) in [7, 11) is 1.75. The number of nitrogens with one attached hydrogen (secondary N) is 1. The van der Waals surface area contributed by atoms with E-state index in [0.29, 0.717) is 25.6 Å². The Hall–Kier alpha value is -1.50. The predicted octanol–water partition coefficient (Wildman–Crippen LogP) is 2.76. The number of nitrogens with zero attached hydrogens (tertiary/aromatic N) is 2. The van der Waals surface area contributed by atoms with Gasteiger partial charge < -0.3 is 15.0 Å². The zero-order valence-corrected chi connectivity index (χ0v) is 11.5. The molecule has 1 saturated heterocycles. The van der Waals surface area contributed by atoms with Crippen molar-refractivity contribution >= 4 is 11.6 Å². The first-order chi connectivity index (χ1) is 9.41. The maximum Gasteiger partial charge on any atom is 0.416 e. The standard InChI is InChI=1S/C13H18F3N3O/c1-3-17-11-6-9(13(14,15)16)7-12(18-11)19(2)10-4-5-20-8-10/h6-7,10H,3-5,8H2,1-2H3,(H,17,18). The first-order valence-corrected chi connectivity index (χ1v) is 6.55. The number of hydrogen-bond acceptors (Lipinski definition) is 4. The molecule has 1 aliphatic rings. The number of rotatable bonds is 4. The van der Waals surface area contributed by atoms with Gasteiger partial charge in [0.2, 0.25) is 0 Å². The van der Waals surface area contributed by atoms with Gasteiger partial charge in [-0.05, 0) is 25.5 Å². The lowest BCUT2D eigenvalue weighted by Gasteiger charge is -2.25. The molecule has 1 aliphatic heterocycles. The van der Waals surface area contributed by atoms with E-state index in [0.717, 1.165) is 18.6 Å². The van der Waals surface area contributed by atoms with E-state index >= 15 is 0 Å². The molecule has 0 aromatic carbocycles. The fourth-order valence-electron chi connectivity index (χ4n) is 2.15. The summed E-state index contributed by atoms with van der Waals surface area (Å²) in [5, 5.41) is 2.84. The van der Waals surface area contributed by atoms with Crippen LogP contribution in [0.3, 0.4) is 0 Å². The summed E-state index contributed by atoms with van der Waals surface area (Å²) in [6, 6.07) is 2.19. The molecule has 2 heterocycles. The normalized spacial score (nSPS) is 19.1. The van der Waals surface area contributed by atoms with Gasteiger partial charge in [-0.15, -0.1) is 0 Å². The first-order valence-electron chi connectivity index (χ1n) is 6.55. The van der Waals surface area contributed by atoms with E-state index in [1.54, 1.807) is 11.9 Å². The van der Waals surface area contributed by atoms with Crippen LogP contribution in [0.25, 0.3) is 0 Å². The Morgan fingerprint density at radius 3 is 2.75 bits per heavy atom. The number of alkyl halides is 3. The van der Waals surface area contributed by atoms with Crippen LogP contribution in [-0.2, 0) is 10.9 Å². The van der Waals surface area contributed by atoms with E-state index in [1.807, 2.05) is 6.92 Å². The maximum absolute atomic E-state index is 12.9. The number of aromatic nitrogens is 1. The van der Waals surface area contributed by atoms with Crippen LogP contribution in [0.15, 0.2) is 12.1 Å². The molecular weight excluding hydrogens is 271 g/mol. The molecule has 4 nitrogen and oxygen atoms in total. The number of ether oxygens (including phenoxy) is 1. The molecule has 2 rings (SSSR count). The Labute approximate surface area is 115 Å². The Bertz CT molecular complexity index is 459. The molecule has 0 amide bonds. The second-order valence-corrected chi connectivity index (χ2v) is 4.76. The Morgan fingerprint density at radius 2 is 2.20 bits per heavy atom. The molecule has 0 saturated carbocycles. The second-order valence-electron chi connectivity index (χ2n) is 4.76. The highest BCUT2D eigenvalue weighted by molar-refractivity contribution is 5.51. The van der Waals surface area contributed by atoms with E-state index < -0.39 is 11.7 Å². The molecular formula is C13H18F3N3O. The molecule has 0 bridgehead atoms. The fraction of sp³-hybridized carbons (Fsp3) is 0.615. The van der Waals surface area contributed by atoms with Gasteiger partial charge in [0.25, 0.3) is 0 Å². The summed E-state index contributed by atoms with van der Waals surface area (Å²) in [5.74, 6) is 0.550. The molecule has 0 radical (unpaired) electrons. The minimum atomic E-state index is -4.38. The maximum atomic E-state index is 12.9. The van der Waals surface area contributed by atoms with Gasteiger partial charge in [0.05, 0.1) is 18.2 Å². The average Bonchev–Trinajstić information content (AvgIpc) is 2.90. The largest absolute Gasteiger partial charge is 0.416 e. The molecule has 1 unspecified atom stereocenters. The monoisotopic (exact) mass is 289 g/mol. The number of likely N-dealkylation sites (N-methyl/N-ethyl adjacent to an activating group) is 1. The fourth-order valence-corrected chi connectivity index (χ4v) is 2.15. The molecule has 0 aliphatic carbocycles. The van der Waals surface area contributed by atoms with Crippen molar-refractivity contribution < 1.29 is 17.9 Å². The van der Waals surface area contributed by atoms with Gasteiger partial charge in [0, 0.05) is 20.2 Å². The van der Waals surface area contributed by atoms with Crippen molar-refractivity contribution in [1.82, 2.24) is 4.98 Å². The van der Waals surface area contributed by atoms with Crippen molar-refractivity contribution in [1.29, 1.82) is 0 Å². The average molecular weight is 289 g/mol. The number of anilines is 2. The third-order valence-corrected chi connectivity index (χ3v) is 3.31. The van der Waals surface area contributed by atoms with E-state index in [2.05, 4.69) is 10.3 Å². The zero-order chi connectivity index (χ0) is 14.8. The van der Waals surface area contributed by atoms with Gasteiger partial charge in [0.1, 0.15) is 11.6 Å². The molecule has 1 aromatic rings. The molecule has 1 atom stereocenters. The van der Waals surface area contributed by atoms with Gasteiger partial charge in [-0.3, -0.25) is 0 Å². The molecule has 0 spiro atoms. The van der Waals surface area contributed by atoms with Crippen LogP contribution in [0.1, 0.15) is 18.9 Å². The number of hydrogen-bond donors (Lipinski definition) is 1. The summed E-state index contributed by atoms with van der Waals surface area (Å²) in [4.78, 5) is 5.99. The van der Waals surface area contributed by atoms with Crippen LogP contribution in [-0.4, -0.2) is 37.8 Å². The van der Waals surface area contributed by atoms with Gasteiger partial charge in [-0.25, -0.2) is 4.98 Å². The van der Waals surface area contributed by atoms with Crippen molar-refractivity contribution in [2.45, 2.75) is 25.6 Å². The van der Waals surface area contributed by atoms with Gasteiger partial charge >= 0.3 is 6.18 Å². The van der Waals surface area contributed by atoms with Crippen LogP contribution in [0, 0.1) is 0 Å². The van der Waals surface area contributed by atoms with Gasteiger partial charge in [-0.1, -0.05) is 0 Å². The summed E-state index contributed by atoms with van der Waals surface area (Å²) < 4.78 is 44.1. The van der Waals surface area contributed by atoms with E-state index in [9.17, 15) is 13.2 Å². The third-order valence-electron chi connectivity index (χ3n) is 3.31. The molecule has 1 aromatic heterocycles. The quantitative estimate of drug-likeness (QED) is 0.925. The van der Waals surface area contributed by atoms with E-state index in [-0.39, 0.29) is 11.9 Å². The molecule has 7 heteroatoms. The summed E-state index contributed by atoms with van der Waals surface area (Å²) >= 11 is 0. The van der Waals surface area contributed by atoms with Crippen LogP contribution >= 0.6 is 0 Å². The van der Waals surface area contributed by atoms with Crippen LogP contribution in [0.5, 0.6) is 0 Å². The lowest BCUT2D eigenvalue weighted by molar-refractivity contribution is -0.137. The summed E-state index contributed by atoms with van der Waals surface area (Å²) in [5.41, 5.74) is -0.691. The Balaban J connectivity index is 2.32. The molecule has 1 N–H and O–H groups in total. The van der Waals surface area contributed by atoms with Gasteiger partial charge in [-0.2, -0.15) is 13.2 Å². The number of pyridine rings is 1. The van der Waals surface area contributed by atoms with Crippen molar-refractivity contribution in [3.63, 3.8) is 0 Å². The molecule has 20 heavy (non-hydrogen) atoms. The molecule has 1 fully saturated rings. The van der Waals surface area contributed by atoms with Crippen LogP contribution in [0.2, 0.25) is 0 Å². The SMILES string of the molecule is CCNc1cc(C(F)(F)F)cc(N(C)C2CCOC2)n1. The van der Waals surface area contributed by atoms with Crippen molar-refractivity contribution in [3.8, 4) is 0 Å². The van der Waals surface area contributed by atoms with Crippen molar-refractivity contribution in [2.75, 3.05) is 37.0 Å². The minimum Gasteiger partial charge on any atom is -0.379 e. The predicted molar refractivity (Wildman–Crippen MR) is 71.0 cm³/mol. The minimum absolute atomic E-state index is 0.0699. The second kappa shape index (κ2) is 5.87. The van der Waals surface area contributed by atoms with Crippen molar-refractivity contribution in [3.05, 3.63) is 17.7 Å². The highest BCUT2D eigenvalue weighted by Gasteiger charge is 2.32. The van der Waals surface area contributed by atoms with Crippen molar-refractivity contribution in [2.24, 2.45) is 0 Å². The van der Waals surface area contributed by atoms with E-state index in [1.165, 1.54) is 0 Å². The lowest BCUT2D eigenvalue weighted by Crippen LogP contribution is -2.32. The smallest absolute Gasteiger partial charge is 0.379 e. The molecule has 112 valence electrons. The number of halogens is 3. The summed E-state index contributed by atoms with van der Waals surface area (Å²) in [6.45, 7) is 3.49. The highest BCUT2D eigenvalue weighted by Crippen LogP contribution is 2.33. The lowest BCUT2D eigenvalue weighted by atomic mass is 10.2. The van der Waals surface area contributed by atoms with Crippen LogP contribution < -0.4 is 10.2 Å². The highest BCUT2D eigenvalue weighted by atomic mass is 19.4. The summed E-state index contributed by atoms with van der Waals surface area (Å²) in [6.07, 6.45) is -3.58. The zero-order valence-electron chi connectivity index (χ0n) is 11.5. The van der Waals surface area contributed by atoms with E-state index in [4.69, 9.17) is 4.74 Å². The topological polar surface area (TPSA) is 37.4 Å². The Morgan fingerprint density at radius 1 is 1.45 bits per heavy atom. The first kappa shape index (κ1) is 14.9.